The van der Waals surface area contributed by atoms with E-state index >= 15 is 0 Å². The molecule has 0 aliphatic carbocycles. The Morgan fingerprint density at radius 3 is 2.68 bits per heavy atom. The average molecular weight is 508 g/mol. The van der Waals surface area contributed by atoms with Crippen LogP contribution < -0.4 is 15.5 Å². The van der Waals surface area contributed by atoms with Crippen LogP contribution in [0.2, 0.25) is 0 Å². The second-order valence-electron chi connectivity index (χ2n) is 7.06. The van der Waals surface area contributed by atoms with Gasteiger partial charge in [0.2, 0.25) is 0 Å². The van der Waals surface area contributed by atoms with Crippen molar-refractivity contribution in [1.82, 2.24) is 10.6 Å². The number of hydrogen-bond donors (Lipinski definition) is 2. The van der Waals surface area contributed by atoms with Crippen LogP contribution in [0.4, 0.5) is 10.1 Å². The van der Waals surface area contributed by atoms with Crippen molar-refractivity contribution in [2.45, 2.75) is 26.8 Å². The molecule has 1 aliphatic heterocycles. The number of hydrogen-bond acceptors (Lipinski definition) is 4. The van der Waals surface area contributed by atoms with Crippen LogP contribution in [0.15, 0.2) is 23.2 Å². The molecule has 1 aliphatic rings. The Morgan fingerprint density at radius 1 is 1.29 bits per heavy atom. The Balaban J connectivity index is 0.00000392. The molecule has 0 atom stereocenters. The summed E-state index contributed by atoms with van der Waals surface area (Å²) < 4.78 is 25.3. The molecule has 0 amide bonds. The molecule has 1 aromatic rings. The normalized spacial score (nSPS) is 14.8. The first kappa shape index (κ1) is 24.9. The Bertz CT molecular complexity index is 596. The van der Waals surface area contributed by atoms with Crippen LogP contribution in [0.5, 0.6) is 0 Å². The molecule has 1 heterocycles. The lowest BCUT2D eigenvalue weighted by Crippen LogP contribution is -2.38. The number of ether oxygens (including phenoxy) is 2. The highest BCUT2D eigenvalue weighted by Gasteiger charge is 2.15. The molecule has 160 valence electrons. The molecule has 2 N–H and O–H groups in total. The zero-order chi connectivity index (χ0) is 19.5. The van der Waals surface area contributed by atoms with Crippen molar-refractivity contribution in [1.29, 1.82) is 0 Å². The molecule has 28 heavy (non-hydrogen) atoms. The summed E-state index contributed by atoms with van der Waals surface area (Å²) in [5.74, 6) is 1.07. The number of nitrogens with zero attached hydrogens (tertiary/aromatic N) is 2. The second-order valence-corrected chi connectivity index (χ2v) is 7.06. The zero-order valence-electron chi connectivity index (χ0n) is 17.2. The summed E-state index contributed by atoms with van der Waals surface area (Å²) in [4.78, 5) is 6.23. The first-order valence-corrected chi connectivity index (χ1v) is 9.73. The fraction of sp³-hybridized carbons (Fsp3) is 0.650. The molecule has 0 aromatic heterocycles. The predicted molar refractivity (Wildman–Crippen MR) is 123 cm³/mol. The minimum atomic E-state index is -0.193. The lowest BCUT2D eigenvalue weighted by atomic mass is 10.1. The summed E-state index contributed by atoms with van der Waals surface area (Å²) in [6, 6.07) is 5.39. The SMILES string of the molecule is CN=C(NCCCOCC(C)C)NCc1ccc(N2CCOCC2)c(F)c1.I. The molecule has 8 heteroatoms. The molecule has 1 aromatic carbocycles. The largest absolute Gasteiger partial charge is 0.381 e. The second kappa shape index (κ2) is 13.9. The molecule has 6 nitrogen and oxygen atoms in total. The number of aliphatic imine (C=N–C) groups is 1. The Kier molecular flexibility index (Phi) is 12.4. The van der Waals surface area contributed by atoms with Gasteiger partial charge in [0.05, 0.1) is 18.9 Å². The molecular weight excluding hydrogens is 474 g/mol. The molecule has 0 radical (unpaired) electrons. The third-order valence-electron chi connectivity index (χ3n) is 4.26. The van der Waals surface area contributed by atoms with Crippen molar-refractivity contribution < 1.29 is 13.9 Å². The van der Waals surface area contributed by atoms with Gasteiger partial charge in [0.1, 0.15) is 5.82 Å². The van der Waals surface area contributed by atoms with E-state index < -0.39 is 0 Å². The number of rotatable bonds is 9. The first-order valence-electron chi connectivity index (χ1n) is 9.73. The van der Waals surface area contributed by atoms with Gasteiger partial charge in [0.15, 0.2) is 5.96 Å². The van der Waals surface area contributed by atoms with Gasteiger partial charge in [0.25, 0.3) is 0 Å². The Hall–Kier alpha value is -1.13. The molecule has 0 saturated carbocycles. The fourth-order valence-corrected chi connectivity index (χ4v) is 2.83. The van der Waals surface area contributed by atoms with Gasteiger partial charge in [0, 0.05) is 46.4 Å². The summed E-state index contributed by atoms with van der Waals surface area (Å²) in [5, 5.41) is 6.47. The number of nitrogens with one attached hydrogen (secondary N) is 2. The molecule has 1 saturated heterocycles. The molecule has 0 unspecified atom stereocenters. The van der Waals surface area contributed by atoms with Crippen LogP contribution in [-0.2, 0) is 16.0 Å². The van der Waals surface area contributed by atoms with E-state index in [-0.39, 0.29) is 29.8 Å². The lowest BCUT2D eigenvalue weighted by molar-refractivity contribution is 0.108. The van der Waals surface area contributed by atoms with Crippen molar-refractivity contribution >= 4 is 35.6 Å². The van der Waals surface area contributed by atoms with Crippen molar-refractivity contribution in [3.63, 3.8) is 0 Å². The minimum Gasteiger partial charge on any atom is -0.381 e. The molecular formula is C20H34FIN4O2. The van der Waals surface area contributed by atoms with Crippen molar-refractivity contribution in [2.24, 2.45) is 10.9 Å². The number of benzene rings is 1. The molecule has 1 fully saturated rings. The van der Waals surface area contributed by atoms with Gasteiger partial charge in [-0.15, -0.1) is 24.0 Å². The average Bonchev–Trinajstić information content (AvgIpc) is 2.67. The van der Waals surface area contributed by atoms with Crippen LogP contribution in [0, 0.1) is 11.7 Å². The number of morpholine rings is 1. The Labute approximate surface area is 185 Å². The van der Waals surface area contributed by atoms with Crippen LogP contribution in [-0.4, -0.2) is 59.1 Å². The zero-order valence-corrected chi connectivity index (χ0v) is 19.5. The van der Waals surface area contributed by atoms with E-state index in [1.807, 2.05) is 17.0 Å². The number of halogens is 2. The summed E-state index contributed by atoms with van der Waals surface area (Å²) >= 11 is 0. The minimum absolute atomic E-state index is 0. The summed E-state index contributed by atoms with van der Waals surface area (Å²) in [7, 11) is 1.73. The van der Waals surface area contributed by atoms with Crippen molar-refractivity contribution in [3.8, 4) is 0 Å². The maximum absolute atomic E-state index is 14.4. The van der Waals surface area contributed by atoms with E-state index in [1.54, 1.807) is 13.1 Å². The van der Waals surface area contributed by atoms with Gasteiger partial charge < -0.3 is 25.0 Å². The van der Waals surface area contributed by atoms with Gasteiger partial charge in [-0.25, -0.2) is 4.39 Å². The van der Waals surface area contributed by atoms with E-state index in [1.165, 1.54) is 0 Å². The fourth-order valence-electron chi connectivity index (χ4n) is 2.83. The predicted octanol–water partition coefficient (Wildman–Crippen LogP) is 3.01. The Morgan fingerprint density at radius 2 is 2.04 bits per heavy atom. The van der Waals surface area contributed by atoms with Gasteiger partial charge in [-0.3, -0.25) is 4.99 Å². The summed E-state index contributed by atoms with van der Waals surface area (Å²) in [6.07, 6.45) is 0.913. The van der Waals surface area contributed by atoms with E-state index in [0.29, 0.717) is 37.3 Å². The van der Waals surface area contributed by atoms with E-state index in [0.717, 1.165) is 44.8 Å². The molecule has 2 rings (SSSR count). The van der Waals surface area contributed by atoms with Gasteiger partial charge >= 0.3 is 0 Å². The number of anilines is 1. The van der Waals surface area contributed by atoms with Crippen LogP contribution in [0.1, 0.15) is 25.8 Å². The maximum atomic E-state index is 14.4. The topological polar surface area (TPSA) is 58.1 Å². The standard InChI is InChI=1S/C20H33FN4O2.HI/c1-16(2)15-27-10-4-7-23-20(22-3)24-14-17-5-6-19(18(21)13-17)25-8-11-26-12-9-25;/h5-6,13,16H,4,7-12,14-15H2,1-3H3,(H2,22,23,24);1H. The van der Waals surface area contributed by atoms with Crippen LogP contribution in [0.25, 0.3) is 0 Å². The van der Waals surface area contributed by atoms with Crippen LogP contribution in [0.3, 0.4) is 0 Å². The van der Waals surface area contributed by atoms with E-state index in [2.05, 4.69) is 29.5 Å². The highest BCUT2D eigenvalue weighted by Crippen LogP contribution is 2.21. The molecule has 0 bridgehead atoms. The van der Waals surface area contributed by atoms with Crippen molar-refractivity contribution in [2.75, 3.05) is 58.0 Å². The monoisotopic (exact) mass is 508 g/mol. The smallest absolute Gasteiger partial charge is 0.191 e. The van der Waals surface area contributed by atoms with Gasteiger partial charge in [-0.2, -0.15) is 0 Å². The third kappa shape index (κ3) is 8.91. The van der Waals surface area contributed by atoms with Gasteiger partial charge in [-0.05, 0) is 30.0 Å². The summed E-state index contributed by atoms with van der Waals surface area (Å²) in [5.41, 5.74) is 1.53. The summed E-state index contributed by atoms with van der Waals surface area (Å²) in [6.45, 7) is 9.85. The number of guanidine groups is 1. The maximum Gasteiger partial charge on any atom is 0.191 e. The van der Waals surface area contributed by atoms with Crippen molar-refractivity contribution in [3.05, 3.63) is 29.6 Å². The first-order chi connectivity index (χ1) is 13.1. The van der Waals surface area contributed by atoms with Gasteiger partial charge in [-0.1, -0.05) is 19.9 Å². The third-order valence-corrected chi connectivity index (χ3v) is 4.26. The van der Waals surface area contributed by atoms with Crippen LogP contribution >= 0.6 is 24.0 Å². The highest BCUT2D eigenvalue weighted by atomic mass is 127. The highest BCUT2D eigenvalue weighted by molar-refractivity contribution is 14.0. The molecule has 0 spiro atoms. The van der Waals surface area contributed by atoms with E-state index in [4.69, 9.17) is 9.47 Å². The van der Waals surface area contributed by atoms with E-state index in [9.17, 15) is 4.39 Å². The lowest BCUT2D eigenvalue weighted by Gasteiger charge is -2.29. The quantitative estimate of drug-likeness (QED) is 0.233.